The second-order valence-electron chi connectivity index (χ2n) is 16.1. The number of aromatic nitrogens is 1. The number of rotatable bonds is 7. The summed E-state index contributed by atoms with van der Waals surface area (Å²) in [6.07, 6.45) is 0. The number of hydrogen-bond donors (Lipinski definition) is 0. The summed E-state index contributed by atoms with van der Waals surface area (Å²) < 4.78 is 2.43. The van der Waals surface area contributed by atoms with Gasteiger partial charge in [-0.1, -0.05) is 176 Å². The van der Waals surface area contributed by atoms with E-state index >= 15 is 0 Å². The van der Waals surface area contributed by atoms with Crippen LogP contribution in [0.5, 0.6) is 0 Å². The molecule has 62 heavy (non-hydrogen) atoms. The highest BCUT2D eigenvalue weighted by atomic mass is 15.1. The van der Waals surface area contributed by atoms with Crippen LogP contribution in [0.25, 0.3) is 93.2 Å². The van der Waals surface area contributed by atoms with Gasteiger partial charge in [0.1, 0.15) is 0 Å². The highest BCUT2D eigenvalue weighted by Crippen LogP contribution is 2.41. The van der Waals surface area contributed by atoms with Crippen LogP contribution in [-0.2, 0) is 0 Å². The van der Waals surface area contributed by atoms with Gasteiger partial charge in [0.25, 0.3) is 0 Å². The van der Waals surface area contributed by atoms with Crippen LogP contribution < -0.4 is 4.90 Å². The first kappa shape index (κ1) is 35.7. The van der Waals surface area contributed by atoms with Crippen molar-refractivity contribution in [2.45, 2.75) is 0 Å². The lowest BCUT2D eigenvalue weighted by atomic mass is 9.98. The van der Waals surface area contributed by atoms with Gasteiger partial charge in [-0.25, -0.2) is 0 Å². The molecule has 0 atom stereocenters. The zero-order valence-corrected chi connectivity index (χ0v) is 34.0. The zero-order chi connectivity index (χ0) is 41.0. The third-order valence-corrected chi connectivity index (χ3v) is 12.6. The van der Waals surface area contributed by atoms with Crippen molar-refractivity contribution < 1.29 is 0 Å². The van der Waals surface area contributed by atoms with Crippen molar-refractivity contribution in [3.63, 3.8) is 0 Å². The molecule has 0 spiro atoms. The molecule has 12 aromatic rings. The molecule has 1 heterocycles. The summed E-state index contributed by atoms with van der Waals surface area (Å²) in [7, 11) is 0. The third kappa shape index (κ3) is 6.12. The highest BCUT2D eigenvalue weighted by molar-refractivity contribution is 6.12. The van der Waals surface area contributed by atoms with Crippen LogP contribution in [0, 0.1) is 0 Å². The van der Waals surface area contributed by atoms with Crippen molar-refractivity contribution in [1.82, 2.24) is 4.57 Å². The molecule has 0 bridgehead atoms. The molecule has 0 N–H and O–H groups in total. The van der Waals surface area contributed by atoms with Crippen LogP contribution in [0.3, 0.4) is 0 Å². The molecular weight excluding hydrogens is 749 g/mol. The molecule has 0 saturated heterocycles. The molecule has 0 aliphatic rings. The maximum absolute atomic E-state index is 2.43. The molecular formula is C60H40N2. The van der Waals surface area contributed by atoms with Gasteiger partial charge in [-0.05, 0) is 127 Å². The van der Waals surface area contributed by atoms with Gasteiger partial charge in [-0.3, -0.25) is 0 Å². The fourth-order valence-corrected chi connectivity index (χ4v) is 9.50. The molecule has 0 aliphatic carbocycles. The Labute approximate surface area is 360 Å². The average Bonchev–Trinajstić information content (AvgIpc) is 3.68. The van der Waals surface area contributed by atoms with Gasteiger partial charge in [-0.2, -0.15) is 0 Å². The summed E-state index contributed by atoms with van der Waals surface area (Å²) in [5.74, 6) is 0. The van der Waals surface area contributed by atoms with Gasteiger partial charge >= 0.3 is 0 Å². The zero-order valence-electron chi connectivity index (χ0n) is 34.0. The van der Waals surface area contributed by atoms with E-state index in [1.54, 1.807) is 0 Å². The summed E-state index contributed by atoms with van der Waals surface area (Å²) in [5.41, 5.74) is 14.1. The molecule has 1 aromatic heterocycles. The van der Waals surface area contributed by atoms with Gasteiger partial charge in [-0.15, -0.1) is 0 Å². The number of nitrogens with zero attached hydrogens (tertiary/aromatic N) is 2. The average molecular weight is 789 g/mol. The first-order valence-corrected chi connectivity index (χ1v) is 21.3. The maximum Gasteiger partial charge on any atom is 0.0541 e. The molecule has 12 rings (SSSR count). The van der Waals surface area contributed by atoms with Crippen LogP contribution >= 0.6 is 0 Å². The van der Waals surface area contributed by atoms with Crippen molar-refractivity contribution in [3.8, 4) is 39.1 Å². The number of anilines is 3. The summed E-state index contributed by atoms with van der Waals surface area (Å²) in [4.78, 5) is 2.36. The van der Waals surface area contributed by atoms with Crippen molar-refractivity contribution in [2.75, 3.05) is 4.90 Å². The Morgan fingerprint density at radius 3 is 1.42 bits per heavy atom. The van der Waals surface area contributed by atoms with Crippen LogP contribution in [0.4, 0.5) is 17.1 Å². The van der Waals surface area contributed by atoms with Crippen LogP contribution in [0.15, 0.2) is 243 Å². The van der Waals surface area contributed by atoms with E-state index < -0.39 is 0 Å². The third-order valence-electron chi connectivity index (χ3n) is 12.6. The maximum atomic E-state index is 2.43. The van der Waals surface area contributed by atoms with E-state index in [-0.39, 0.29) is 0 Å². The molecule has 0 saturated carbocycles. The SMILES string of the molecule is c1ccc2cc(-c3ccc(N(c4ccc(-c5ccc6c(c5)c5ccccc5n6-c5cccc6ccccc56)cc4)c4ccc(-c5cccc6ccccc56)cc4)cc3)ccc2c1. The minimum atomic E-state index is 1.10. The van der Waals surface area contributed by atoms with Crippen molar-refractivity contribution in [3.05, 3.63) is 243 Å². The molecule has 2 nitrogen and oxygen atoms in total. The lowest BCUT2D eigenvalue weighted by Crippen LogP contribution is -2.09. The molecule has 2 heteroatoms. The monoisotopic (exact) mass is 788 g/mol. The van der Waals surface area contributed by atoms with E-state index in [0.717, 1.165) is 17.1 Å². The summed E-state index contributed by atoms with van der Waals surface area (Å²) in [6, 6.07) is 88.5. The second-order valence-corrected chi connectivity index (χ2v) is 16.1. The fourth-order valence-electron chi connectivity index (χ4n) is 9.50. The Kier molecular flexibility index (Phi) is 8.53. The Bertz CT molecular complexity index is 3600. The Hall–Kier alpha value is -8.20. The van der Waals surface area contributed by atoms with Crippen molar-refractivity contribution >= 4 is 71.2 Å². The predicted octanol–water partition coefficient (Wildman–Crippen LogP) is 16.7. The molecule has 290 valence electrons. The van der Waals surface area contributed by atoms with E-state index in [2.05, 4.69) is 252 Å². The van der Waals surface area contributed by atoms with E-state index in [9.17, 15) is 0 Å². The molecule has 0 fully saturated rings. The van der Waals surface area contributed by atoms with E-state index in [4.69, 9.17) is 0 Å². The lowest BCUT2D eigenvalue weighted by Gasteiger charge is -2.26. The molecule has 0 amide bonds. The fraction of sp³-hybridized carbons (Fsp3) is 0. The predicted molar refractivity (Wildman–Crippen MR) is 264 cm³/mol. The van der Waals surface area contributed by atoms with Crippen LogP contribution in [0.2, 0.25) is 0 Å². The van der Waals surface area contributed by atoms with Gasteiger partial charge in [0.15, 0.2) is 0 Å². The van der Waals surface area contributed by atoms with Crippen molar-refractivity contribution in [1.29, 1.82) is 0 Å². The van der Waals surface area contributed by atoms with E-state index in [1.165, 1.54) is 93.2 Å². The van der Waals surface area contributed by atoms with E-state index in [1.807, 2.05) is 0 Å². The van der Waals surface area contributed by atoms with Gasteiger partial charge in [0.05, 0.1) is 16.7 Å². The molecule has 0 radical (unpaired) electrons. The van der Waals surface area contributed by atoms with Gasteiger partial charge in [0, 0.05) is 33.2 Å². The summed E-state index contributed by atoms with van der Waals surface area (Å²) in [5, 5.41) is 9.98. The number of hydrogen-bond acceptors (Lipinski definition) is 1. The quantitative estimate of drug-likeness (QED) is 0.156. The van der Waals surface area contributed by atoms with Crippen LogP contribution in [0.1, 0.15) is 0 Å². The van der Waals surface area contributed by atoms with Gasteiger partial charge < -0.3 is 9.47 Å². The standard InChI is InChI=1S/C60H40N2/c1-2-14-47-39-48(24-23-41(47)11-1)42-25-32-50(33-26-42)61(52-36-29-46(30-37-52)54-20-9-15-44-12-3-5-17-53(44)54)51-34-27-43(28-35-51)49-31-38-60-57(40-49)56-19-7-8-21-59(56)62(60)58-22-10-16-45-13-4-6-18-55(45)58/h1-40H. The highest BCUT2D eigenvalue weighted by Gasteiger charge is 2.17. The first-order valence-electron chi connectivity index (χ1n) is 21.3. The number of fused-ring (bicyclic) bond motifs is 6. The van der Waals surface area contributed by atoms with E-state index in [0.29, 0.717) is 0 Å². The summed E-state index contributed by atoms with van der Waals surface area (Å²) in [6.45, 7) is 0. The minimum absolute atomic E-state index is 1.10. The Morgan fingerprint density at radius 1 is 0.258 bits per heavy atom. The smallest absolute Gasteiger partial charge is 0.0541 e. The number of para-hydroxylation sites is 1. The molecule has 0 unspecified atom stereocenters. The normalized spacial score (nSPS) is 11.5. The number of benzene rings is 11. The molecule has 0 aliphatic heterocycles. The Morgan fingerprint density at radius 2 is 0.726 bits per heavy atom. The topological polar surface area (TPSA) is 8.17 Å². The largest absolute Gasteiger partial charge is 0.311 e. The first-order chi connectivity index (χ1) is 30.7. The van der Waals surface area contributed by atoms with Crippen LogP contribution in [-0.4, -0.2) is 4.57 Å². The molecule has 11 aromatic carbocycles. The second kappa shape index (κ2) is 14.8. The van der Waals surface area contributed by atoms with Gasteiger partial charge in [0.2, 0.25) is 0 Å². The summed E-state index contributed by atoms with van der Waals surface area (Å²) >= 11 is 0. The van der Waals surface area contributed by atoms with Crippen molar-refractivity contribution in [2.24, 2.45) is 0 Å². The Balaban J connectivity index is 0.934. The minimum Gasteiger partial charge on any atom is -0.311 e. The lowest BCUT2D eigenvalue weighted by molar-refractivity contribution is 1.20.